The Balaban J connectivity index is 0.000000437. The molecule has 4 aromatic carbocycles. The van der Waals surface area contributed by atoms with Crippen molar-refractivity contribution in [2.24, 2.45) is 0 Å². The molecule has 4 rings (SSSR count). The number of unbranched alkanes of at least 4 members (excludes halogenated alkanes) is 2. The predicted molar refractivity (Wildman–Crippen MR) is 148 cm³/mol. The molecule has 0 saturated heterocycles. The van der Waals surface area contributed by atoms with Crippen molar-refractivity contribution in [3.63, 3.8) is 0 Å². The van der Waals surface area contributed by atoms with E-state index < -0.39 is 0 Å². The average Bonchev–Trinajstić information content (AvgIpc) is 3.52. The number of benzene rings is 2. The van der Waals surface area contributed by atoms with Crippen LogP contribution in [0.3, 0.4) is 0 Å². The summed E-state index contributed by atoms with van der Waals surface area (Å²) in [7, 11) is 0. The van der Waals surface area contributed by atoms with Gasteiger partial charge in [0.25, 0.3) is 0 Å². The fraction of sp³-hybridized carbons (Fsp3) is 0.267. The summed E-state index contributed by atoms with van der Waals surface area (Å²) in [5, 5.41) is 18.6. The molecule has 0 fully saturated rings. The molecule has 0 aliphatic heterocycles. The number of aryl methyl sites for hydroxylation is 2. The van der Waals surface area contributed by atoms with Gasteiger partial charge in [-0.2, -0.15) is 35.4 Å². The summed E-state index contributed by atoms with van der Waals surface area (Å²) in [6.07, 6.45) is 7.75. The molecule has 0 unspecified atom stereocenters. The van der Waals surface area contributed by atoms with E-state index in [9.17, 15) is 0 Å². The van der Waals surface area contributed by atoms with Gasteiger partial charge in [-0.25, -0.2) is 24.3 Å². The fourth-order valence-electron chi connectivity index (χ4n) is 2.88. The molecule has 0 saturated carbocycles. The molecule has 0 radical (unpaired) electrons. The maximum Gasteiger partial charge on any atom is 2.00 e. The van der Waals surface area contributed by atoms with Gasteiger partial charge >= 0.3 is 17.4 Å². The van der Waals surface area contributed by atoms with Crippen LogP contribution in [0.25, 0.3) is 0 Å². The van der Waals surface area contributed by atoms with Gasteiger partial charge in [0.1, 0.15) is 11.5 Å². The first kappa shape index (κ1) is 32.9. The van der Waals surface area contributed by atoms with Crippen molar-refractivity contribution in [1.29, 1.82) is 0 Å². The average molecular weight is 552 g/mol. The molecule has 0 aliphatic carbocycles. The Hall–Kier alpha value is -2.15. The first-order chi connectivity index (χ1) is 16.4. The topological polar surface area (TPSA) is 40.5 Å². The van der Waals surface area contributed by atoms with E-state index in [1.807, 2.05) is 0 Å². The van der Waals surface area contributed by atoms with E-state index in [1.54, 1.807) is 36.4 Å². The van der Waals surface area contributed by atoms with Crippen LogP contribution in [0.15, 0.2) is 97.1 Å². The molecule has 0 aromatic heterocycles. The summed E-state index contributed by atoms with van der Waals surface area (Å²) >= 11 is 11.0. The van der Waals surface area contributed by atoms with Crippen molar-refractivity contribution in [3.8, 4) is 11.5 Å². The summed E-state index contributed by atoms with van der Waals surface area (Å²) in [6.45, 7) is 4.45. The third kappa shape index (κ3) is 17.9. The van der Waals surface area contributed by atoms with Gasteiger partial charge in [-0.05, 0) is 36.4 Å². The SMILES string of the molecule is CCCC[c-]1cccc1.CCCC[c-]1cccc1.Oc1cccc(Cl)c1.Oc1cccc(Cl)c1.[Cr+2]. The fourth-order valence-corrected chi connectivity index (χ4v) is 3.24. The van der Waals surface area contributed by atoms with Gasteiger partial charge in [-0.1, -0.05) is 87.7 Å². The maximum atomic E-state index is 8.73. The third-order valence-electron chi connectivity index (χ3n) is 4.72. The molecule has 2 nitrogen and oxygen atoms in total. The predicted octanol–water partition coefficient (Wildman–Crippen LogP) is 9.58. The van der Waals surface area contributed by atoms with Gasteiger partial charge in [-0.15, -0.1) is 0 Å². The van der Waals surface area contributed by atoms with E-state index in [1.165, 1.54) is 61.8 Å². The minimum atomic E-state index is 0. The maximum absolute atomic E-state index is 8.73. The number of halogens is 2. The third-order valence-corrected chi connectivity index (χ3v) is 5.19. The Morgan fingerprint density at radius 1 is 0.600 bits per heavy atom. The standard InChI is InChI=1S/2C9H13.2C6H5ClO.Cr/c2*1-2-3-6-9-7-4-5-8-9;2*7-5-2-1-3-6(8)4-5;/h2*4-5,7-8H,2-3,6H2,1H3;2*1-4,8H;/q2*-1;;;+2. The molecule has 4 aromatic rings. The van der Waals surface area contributed by atoms with E-state index >= 15 is 0 Å². The van der Waals surface area contributed by atoms with Crippen molar-refractivity contribution in [3.05, 3.63) is 118 Å². The summed E-state index contributed by atoms with van der Waals surface area (Å²) in [5.74, 6) is 0.412. The Bertz CT molecular complexity index is 867. The van der Waals surface area contributed by atoms with Crippen LogP contribution >= 0.6 is 23.2 Å². The summed E-state index contributed by atoms with van der Waals surface area (Å²) < 4.78 is 0. The Labute approximate surface area is 232 Å². The van der Waals surface area contributed by atoms with Crippen molar-refractivity contribution in [1.82, 2.24) is 0 Å². The zero-order valence-electron chi connectivity index (χ0n) is 20.5. The minimum absolute atomic E-state index is 0. The van der Waals surface area contributed by atoms with E-state index in [2.05, 4.69) is 62.4 Å². The van der Waals surface area contributed by atoms with E-state index in [4.69, 9.17) is 33.4 Å². The molecular weight excluding hydrogens is 515 g/mol. The molecule has 5 heteroatoms. The zero-order chi connectivity index (χ0) is 25.0. The number of hydrogen-bond donors (Lipinski definition) is 2. The van der Waals surface area contributed by atoms with Crippen LogP contribution in [-0.2, 0) is 30.2 Å². The monoisotopic (exact) mass is 550 g/mol. The van der Waals surface area contributed by atoms with Crippen LogP contribution in [0.1, 0.15) is 50.7 Å². The number of rotatable bonds is 6. The molecule has 0 amide bonds. The Morgan fingerprint density at radius 2 is 0.943 bits per heavy atom. The first-order valence-corrected chi connectivity index (χ1v) is 12.5. The molecule has 0 spiro atoms. The molecule has 188 valence electrons. The van der Waals surface area contributed by atoms with Crippen LogP contribution in [-0.4, -0.2) is 10.2 Å². The van der Waals surface area contributed by atoms with E-state index in [0.29, 0.717) is 10.0 Å². The number of phenols is 2. The van der Waals surface area contributed by atoms with E-state index in [-0.39, 0.29) is 28.9 Å². The molecule has 0 heterocycles. The number of hydrogen-bond acceptors (Lipinski definition) is 2. The van der Waals surface area contributed by atoms with Gasteiger partial charge in [0, 0.05) is 10.0 Å². The largest absolute Gasteiger partial charge is 2.00 e. The number of phenolic OH excluding ortho intramolecular Hbond substituents is 2. The van der Waals surface area contributed by atoms with Gasteiger partial charge < -0.3 is 10.2 Å². The molecule has 2 N–H and O–H groups in total. The van der Waals surface area contributed by atoms with Crippen LogP contribution in [0.5, 0.6) is 11.5 Å². The van der Waals surface area contributed by atoms with Crippen molar-refractivity contribution in [2.75, 3.05) is 0 Å². The van der Waals surface area contributed by atoms with Gasteiger partial charge in [0.05, 0.1) is 0 Å². The van der Waals surface area contributed by atoms with Crippen LogP contribution < -0.4 is 0 Å². The second kappa shape index (κ2) is 21.2. The van der Waals surface area contributed by atoms with Crippen LogP contribution in [0, 0.1) is 0 Å². The van der Waals surface area contributed by atoms with Crippen LogP contribution in [0.4, 0.5) is 0 Å². The summed E-state index contributed by atoms with van der Waals surface area (Å²) in [5.41, 5.74) is 2.97. The molecule has 0 aliphatic rings. The second-order valence-electron chi connectivity index (χ2n) is 7.75. The van der Waals surface area contributed by atoms with Gasteiger partial charge in [0.15, 0.2) is 0 Å². The minimum Gasteiger partial charge on any atom is -0.508 e. The quantitative estimate of drug-likeness (QED) is 0.234. The van der Waals surface area contributed by atoms with E-state index in [0.717, 1.165) is 0 Å². The molecule has 0 atom stereocenters. The molecule has 0 bridgehead atoms. The zero-order valence-corrected chi connectivity index (χ0v) is 23.3. The first-order valence-electron chi connectivity index (χ1n) is 11.7. The van der Waals surface area contributed by atoms with Crippen molar-refractivity contribution in [2.45, 2.75) is 52.4 Å². The Morgan fingerprint density at radius 3 is 1.17 bits per heavy atom. The molecular formula is C30H36Cl2CrO2. The molecule has 35 heavy (non-hydrogen) atoms. The summed E-state index contributed by atoms with van der Waals surface area (Å²) in [4.78, 5) is 0. The van der Waals surface area contributed by atoms with Gasteiger partial charge in [-0.3, -0.25) is 0 Å². The summed E-state index contributed by atoms with van der Waals surface area (Å²) in [6, 6.07) is 30.1. The second-order valence-corrected chi connectivity index (χ2v) is 8.63. The van der Waals surface area contributed by atoms with Crippen molar-refractivity contribution >= 4 is 23.2 Å². The van der Waals surface area contributed by atoms with Crippen molar-refractivity contribution < 1.29 is 27.6 Å². The number of aromatic hydroxyl groups is 2. The Kier molecular flexibility index (Phi) is 19.9. The van der Waals surface area contributed by atoms with Gasteiger partial charge in [0.2, 0.25) is 0 Å². The van der Waals surface area contributed by atoms with Crippen LogP contribution in [0.2, 0.25) is 10.0 Å². The normalized spacial score (nSPS) is 9.26. The smallest absolute Gasteiger partial charge is 0.508 e.